The molecule has 0 bridgehead atoms. The third kappa shape index (κ3) is 6.72. The third-order valence-electron chi connectivity index (χ3n) is 7.05. The molecule has 1 aromatic heterocycles. The summed E-state index contributed by atoms with van der Waals surface area (Å²) in [4.78, 5) is 18.4. The van der Waals surface area contributed by atoms with Crippen LogP contribution in [-0.4, -0.2) is 32.7 Å². The summed E-state index contributed by atoms with van der Waals surface area (Å²) in [6.07, 6.45) is -3.68. The molecule has 3 aromatic carbocycles. The van der Waals surface area contributed by atoms with Crippen molar-refractivity contribution in [2.24, 2.45) is 0 Å². The van der Waals surface area contributed by atoms with E-state index in [1.165, 1.54) is 36.5 Å². The smallest absolute Gasteiger partial charge is 0.341 e. The second-order valence-corrected chi connectivity index (χ2v) is 14.6. The van der Waals surface area contributed by atoms with E-state index in [9.17, 15) is 39.2 Å². The number of rotatable bonds is 8. The maximum Gasteiger partial charge on any atom is 0.417 e. The second-order valence-electron chi connectivity index (χ2n) is 10.2. The topological polar surface area (TPSA) is 138 Å². The van der Waals surface area contributed by atoms with E-state index in [2.05, 4.69) is 30.6 Å². The van der Waals surface area contributed by atoms with Gasteiger partial charge in [-0.3, -0.25) is 9.52 Å². The Morgan fingerprint density at radius 2 is 1.80 bits per heavy atom. The number of H-pyrrole nitrogens is 1. The summed E-state index contributed by atoms with van der Waals surface area (Å²) in [6.45, 7) is 1.68. The van der Waals surface area contributed by atoms with Crippen molar-refractivity contribution in [2.45, 2.75) is 42.1 Å². The van der Waals surface area contributed by atoms with Crippen molar-refractivity contribution < 1.29 is 39.2 Å². The van der Waals surface area contributed by atoms with Gasteiger partial charge in [0, 0.05) is 10.0 Å². The van der Waals surface area contributed by atoms with Gasteiger partial charge in [0.15, 0.2) is 0 Å². The van der Waals surface area contributed by atoms with Crippen LogP contribution in [0.1, 0.15) is 45.8 Å². The van der Waals surface area contributed by atoms with E-state index in [1.807, 2.05) is 4.72 Å². The Bertz CT molecular complexity index is 1960. The summed E-state index contributed by atoms with van der Waals surface area (Å²) in [5.74, 6) is -0.948. The van der Waals surface area contributed by atoms with Crippen LogP contribution < -0.4 is 9.44 Å². The largest absolute Gasteiger partial charge is 0.417 e. The molecular formula is C28H23BrF4N4O5S2. The molecule has 0 saturated carbocycles. The number of hydrogen-bond donors (Lipinski definition) is 3. The first-order valence-corrected chi connectivity index (χ1v) is 16.7. The summed E-state index contributed by atoms with van der Waals surface area (Å²) in [5.41, 5.74) is 1.33. The first kappa shape index (κ1) is 31.8. The molecule has 16 heteroatoms. The van der Waals surface area contributed by atoms with E-state index < -0.39 is 59.7 Å². The molecule has 1 aliphatic heterocycles. The highest BCUT2D eigenvalue weighted by molar-refractivity contribution is 9.10. The van der Waals surface area contributed by atoms with Crippen LogP contribution in [0.5, 0.6) is 0 Å². The molecule has 1 amide bonds. The van der Waals surface area contributed by atoms with Gasteiger partial charge in [-0.1, -0.05) is 40.2 Å². The minimum absolute atomic E-state index is 0.0495. The Morgan fingerprint density at radius 1 is 1.09 bits per heavy atom. The Morgan fingerprint density at radius 3 is 2.41 bits per heavy atom. The van der Waals surface area contributed by atoms with Crippen LogP contribution in [0, 0.1) is 12.7 Å². The highest BCUT2D eigenvalue weighted by Gasteiger charge is 2.38. The van der Waals surface area contributed by atoms with E-state index >= 15 is 0 Å². The van der Waals surface area contributed by atoms with Gasteiger partial charge in [-0.2, -0.15) is 13.2 Å². The summed E-state index contributed by atoms with van der Waals surface area (Å²) in [5, 5.41) is -1.08. The van der Waals surface area contributed by atoms with Gasteiger partial charge in [-0.05, 0) is 66.4 Å². The first-order chi connectivity index (χ1) is 20.5. The number of sulfonamides is 2. The molecule has 3 N–H and O–H groups in total. The molecule has 9 nitrogen and oxygen atoms in total. The SMILES string of the molecule is Cc1cc(F)ccc1-c1cnc(C(Cc2ccc(C3CC(=O)NS3(=O)=O)cc2)NS(=O)(=O)c2ccc(Br)c(C(F)(F)F)c2)[nH]1. The molecular weight excluding hydrogens is 692 g/mol. The predicted molar refractivity (Wildman–Crippen MR) is 155 cm³/mol. The van der Waals surface area contributed by atoms with Crippen LogP contribution in [0.4, 0.5) is 17.6 Å². The lowest BCUT2D eigenvalue weighted by atomic mass is 10.0. The van der Waals surface area contributed by atoms with Gasteiger partial charge >= 0.3 is 6.18 Å². The Hall–Kier alpha value is -3.60. The molecule has 232 valence electrons. The predicted octanol–water partition coefficient (Wildman–Crippen LogP) is 5.46. The molecule has 0 spiro atoms. The van der Waals surface area contributed by atoms with Crippen molar-refractivity contribution in [1.82, 2.24) is 19.4 Å². The van der Waals surface area contributed by atoms with Crippen molar-refractivity contribution in [3.8, 4) is 11.3 Å². The van der Waals surface area contributed by atoms with Crippen LogP contribution in [-0.2, 0) is 37.4 Å². The molecule has 0 aliphatic carbocycles. The summed E-state index contributed by atoms with van der Waals surface area (Å²) < 4.78 is 110. The number of nitrogens with one attached hydrogen (secondary N) is 3. The summed E-state index contributed by atoms with van der Waals surface area (Å²) in [7, 11) is -8.43. The zero-order valence-corrected chi connectivity index (χ0v) is 25.8. The highest BCUT2D eigenvalue weighted by atomic mass is 79.9. The van der Waals surface area contributed by atoms with E-state index in [1.54, 1.807) is 19.1 Å². The minimum atomic E-state index is -4.82. The number of benzene rings is 3. The van der Waals surface area contributed by atoms with Crippen molar-refractivity contribution >= 4 is 41.9 Å². The monoisotopic (exact) mass is 714 g/mol. The molecule has 4 aromatic rings. The van der Waals surface area contributed by atoms with Crippen LogP contribution in [0.25, 0.3) is 11.3 Å². The van der Waals surface area contributed by atoms with Crippen molar-refractivity contribution in [2.75, 3.05) is 0 Å². The molecule has 2 unspecified atom stereocenters. The fourth-order valence-electron chi connectivity index (χ4n) is 4.87. The second kappa shape index (κ2) is 11.7. The molecule has 2 heterocycles. The fourth-order valence-corrected chi connectivity index (χ4v) is 8.00. The number of nitrogens with zero attached hydrogens (tertiary/aromatic N) is 1. The van der Waals surface area contributed by atoms with Crippen molar-refractivity contribution in [3.05, 3.63) is 105 Å². The number of carbonyl (C=O) groups excluding carboxylic acids is 1. The maximum absolute atomic E-state index is 13.7. The average molecular weight is 716 g/mol. The summed E-state index contributed by atoms with van der Waals surface area (Å²) >= 11 is 2.81. The minimum Gasteiger partial charge on any atom is -0.341 e. The van der Waals surface area contributed by atoms with Crippen molar-refractivity contribution in [1.29, 1.82) is 0 Å². The van der Waals surface area contributed by atoms with Crippen LogP contribution >= 0.6 is 15.9 Å². The number of amides is 1. The lowest BCUT2D eigenvalue weighted by molar-refractivity contribution is -0.138. The average Bonchev–Trinajstić information content (AvgIpc) is 3.51. The molecule has 2 atom stereocenters. The number of aromatic nitrogens is 2. The first-order valence-electron chi connectivity index (χ1n) is 12.9. The number of alkyl halides is 3. The van der Waals surface area contributed by atoms with Gasteiger partial charge in [0.1, 0.15) is 16.9 Å². The third-order valence-corrected chi connectivity index (χ3v) is 10.9. The number of hydrogen-bond acceptors (Lipinski definition) is 6. The number of aromatic amines is 1. The Kier molecular flexibility index (Phi) is 8.48. The number of halogens is 5. The molecule has 44 heavy (non-hydrogen) atoms. The van der Waals surface area contributed by atoms with Crippen LogP contribution in [0.15, 0.2) is 76.2 Å². The molecule has 1 aliphatic rings. The fraction of sp³-hybridized carbons (Fsp3) is 0.214. The number of aryl methyl sites for hydroxylation is 1. The highest BCUT2D eigenvalue weighted by Crippen LogP contribution is 2.37. The Labute approximate surface area is 258 Å². The van der Waals surface area contributed by atoms with Gasteiger partial charge in [-0.25, -0.2) is 30.9 Å². The van der Waals surface area contributed by atoms with Gasteiger partial charge < -0.3 is 4.98 Å². The lowest BCUT2D eigenvalue weighted by Crippen LogP contribution is -2.31. The van der Waals surface area contributed by atoms with E-state index in [0.717, 1.165) is 12.1 Å². The molecule has 1 saturated heterocycles. The van der Waals surface area contributed by atoms with Gasteiger partial charge in [0.05, 0.1) is 34.8 Å². The van der Waals surface area contributed by atoms with E-state index in [0.29, 0.717) is 34.0 Å². The zero-order chi connectivity index (χ0) is 32.0. The van der Waals surface area contributed by atoms with Gasteiger partial charge in [0.2, 0.25) is 26.0 Å². The normalized spacial score (nSPS) is 17.4. The summed E-state index contributed by atoms with van der Waals surface area (Å²) in [6, 6.07) is 11.6. The molecule has 0 radical (unpaired) electrons. The number of carbonyl (C=O) groups is 1. The van der Waals surface area contributed by atoms with Crippen LogP contribution in [0.2, 0.25) is 0 Å². The maximum atomic E-state index is 13.7. The zero-order valence-electron chi connectivity index (χ0n) is 22.6. The Balaban J connectivity index is 1.50. The van der Waals surface area contributed by atoms with E-state index in [4.69, 9.17) is 0 Å². The lowest BCUT2D eigenvalue weighted by Gasteiger charge is -2.19. The van der Waals surface area contributed by atoms with Crippen LogP contribution in [0.3, 0.4) is 0 Å². The molecule has 1 fully saturated rings. The standard InChI is InChI=1S/C28H23BrF4N4O5S2/c1-15-10-18(30)6-8-20(15)24-14-34-27(35-24)23(36-43(39,40)19-7-9-22(29)21(12-19)28(31,32)33)11-16-2-4-17(5-3-16)25-13-26(38)37-44(25,41)42/h2-10,12,14,23,25,36H,11,13H2,1H3,(H,34,35)(H,37,38). The van der Waals surface area contributed by atoms with E-state index in [-0.39, 0.29) is 23.1 Å². The molecule has 5 rings (SSSR count). The van der Waals surface area contributed by atoms with Crippen molar-refractivity contribution in [3.63, 3.8) is 0 Å². The quantitative estimate of drug-likeness (QED) is 0.207. The number of imidazole rings is 1. The van der Waals surface area contributed by atoms with Gasteiger partial charge in [-0.15, -0.1) is 0 Å². The van der Waals surface area contributed by atoms with Gasteiger partial charge in [0.25, 0.3) is 0 Å².